The van der Waals surface area contributed by atoms with Gasteiger partial charge in [-0.15, -0.1) is 0 Å². The molecular formula is C17H13BrClF3N2O2. The summed E-state index contributed by atoms with van der Waals surface area (Å²) in [6.45, 7) is 0.672. The topological polar surface area (TPSA) is 42.4 Å². The van der Waals surface area contributed by atoms with E-state index in [0.29, 0.717) is 23.6 Å². The third-order valence-electron chi connectivity index (χ3n) is 3.94. The Labute approximate surface area is 161 Å². The molecule has 0 spiro atoms. The highest BCUT2D eigenvalue weighted by Crippen LogP contribution is 2.31. The van der Waals surface area contributed by atoms with E-state index in [4.69, 9.17) is 16.3 Å². The van der Waals surface area contributed by atoms with E-state index in [1.54, 1.807) is 23.1 Å². The lowest BCUT2D eigenvalue weighted by Crippen LogP contribution is -2.31. The molecule has 0 N–H and O–H groups in total. The zero-order chi connectivity index (χ0) is 18.9. The fraction of sp³-hybridized carbons (Fsp3) is 0.294. The zero-order valence-electron chi connectivity index (χ0n) is 13.3. The summed E-state index contributed by atoms with van der Waals surface area (Å²) < 4.78 is 44.5. The van der Waals surface area contributed by atoms with Gasteiger partial charge in [-0.2, -0.15) is 13.2 Å². The third-order valence-corrected chi connectivity index (χ3v) is 4.76. The van der Waals surface area contributed by atoms with Crippen molar-refractivity contribution in [3.05, 3.63) is 57.2 Å². The highest BCUT2D eigenvalue weighted by atomic mass is 79.9. The Morgan fingerprint density at radius 1 is 1.31 bits per heavy atom. The predicted octanol–water partition coefficient (Wildman–Crippen LogP) is 4.81. The minimum atomic E-state index is -4.46. The number of pyridine rings is 1. The second kappa shape index (κ2) is 7.44. The highest BCUT2D eigenvalue weighted by molar-refractivity contribution is 9.10. The molecule has 1 amide bonds. The van der Waals surface area contributed by atoms with E-state index in [1.165, 1.54) is 0 Å². The van der Waals surface area contributed by atoms with Crippen molar-refractivity contribution in [2.45, 2.75) is 18.7 Å². The average Bonchev–Trinajstić information content (AvgIpc) is 3.04. The number of ether oxygens (including phenoxy) is 1. The van der Waals surface area contributed by atoms with Gasteiger partial charge in [-0.25, -0.2) is 4.98 Å². The van der Waals surface area contributed by atoms with Crippen LogP contribution in [0.1, 0.15) is 22.3 Å². The van der Waals surface area contributed by atoms with Gasteiger partial charge in [0.1, 0.15) is 6.10 Å². The molecular weight excluding hydrogens is 437 g/mol. The molecule has 0 unspecified atom stereocenters. The predicted molar refractivity (Wildman–Crippen MR) is 93.3 cm³/mol. The second-order valence-electron chi connectivity index (χ2n) is 5.78. The molecule has 1 atom stereocenters. The number of carbonyl (C=O) groups excluding carboxylic acids is 1. The van der Waals surface area contributed by atoms with E-state index in [9.17, 15) is 18.0 Å². The lowest BCUT2D eigenvalue weighted by atomic mass is 10.2. The van der Waals surface area contributed by atoms with Crippen LogP contribution in [0.25, 0.3) is 0 Å². The van der Waals surface area contributed by atoms with Gasteiger partial charge >= 0.3 is 6.18 Å². The molecule has 26 heavy (non-hydrogen) atoms. The molecule has 3 rings (SSSR count). The van der Waals surface area contributed by atoms with Crippen molar-refractivity contribution in [1.29, 1.82) is 0 Å². The number of hydrogen-bond donors (Lipinski definition) is 0. The number of amides is 1. The van der Waals surface area contributed by atoms with Crippen molar-refractivity contribution < 1.29 is 22.7 Å². The number of carbonyl (C=O) groups is 1. The van der Waals surface area contributed by atoms with Crippen LogP contribution in [0, 0.1) is 0 Å². The van der Waals surface area contributed by atoms with Crippen molar-refractivity contribution in [2.75, 3.05) is 13.1 Å². The maximum Gasteiger partial charge on any atom is 0.416 e. The molecule has 2 aromatic rings. The molecule has 1 aliphatic heterocycles. The molecule has 0 radical (unpaired) electrons. The summed E-state index contributed by atoms with van der Waals surface area (Å²) >= 11 is 9.38. The van der Waals surface area contributed by atoms with Crippen LogP contribution in [-0.4, -0.2) is 35.0 Å². The van der Waals surface area contributed by atoms with Crippen LogP contribution in [0.2, 0.25) is 5.02 Å². The fourth-order valence-electron chi connectivity index (χ4n) is 2.66. The summed E-state index contributed by atoms with van der Waals surface area (Å²) in [5.41, 5.74) is -0.465. The number of likely N-dealkylation sites (tertiary alicyclic amines) is 1. The maximum absolute atomic E-state index is 12.8. The first-order chi connectivity index (χ1) is 12.2. The summed E-state index contributed by atoms with van der Waals surface area (Å²) in [4.78, 5) is 18.0. The monoisotopic (exact) mass is 448 g/mol. The summed E-state index contributed by atoms with van der Waals surface area (Å²) in [5, 5.41) is 0.335. The Hall–Kier alpha value is -1.80. The van der Waals surface area contributed by atoms with Gasteiger partial charge in [0, 0.05) is 29.7 Å². The van der Waals surface area contributed by atoms with Crippen LogP contribution in [0.4, 0.5) is 13.2 Å². The SMILES string of the molecule is O=C(c1cc(Br)ccc1Cl)N1CC[C@H](Oc2cc(C(F)(F)F)ccn2)C1. The Kier molecular flexibility index (Phi) is 5.43. The first-order valence-electron chi connectivity index (χ1n) is 7.68. The van der Waals surface area contributed by atoms with E-state index < -0.39 is 17.8 Å². The Balaban J connectivity index is 1.67. The molecule has 0 bridgehead atoms. The Morgan fingerprint density at radius 3 is 2.81 bits per heavy atom. The van der Waals surface area contributed by atoms with Crippen molar-refractivity contribution in [2.24, 2.45) is 0 Å². The quantitative estimate of drug-likeness (QED) is 0.675. The smallest absolute Gasteiger partial charge is 0.416 e. The molecule has 0 saturated carbocycles. The largest absolute Gasteiger partial charge is 0.472 e. The van der Waals surface area contributed by atoms with Gasteiger partial charge < -0.3 is 9.64 Å². The first kappa shape index (κ1) is 19.0. The first-order valence-corrected chi connectivity index (χ1v) is 8.85. The Bertz CT molecular complexity index is 832. The standard InChI is InChI=1S/C17H13BrClF3N2O2/c18-11-1-2-14(19)13(8-11)16(25)24-6-4-12(9-24)26-15-7-10(3-5-23-15)17(20,21)22/h1-3,5,7-8,12H,4,6,9H2/t12-/m0/s1. The number of rotatable bonds is 3. The van der Waals surface area contributed by atoms with Crippen LogP contribution in [-0.2, 0) is 6.18 Å². The van der Waals surface area contributed by atoms with Gasteiger partial charge in [0.05, 0.1) is 22.7 Å². The summed E-state index contributed by atoms with van der Waals surface area (Å²) in [6.07, 6.45) is -3.34. The van der Waals surface area contributed by atoms with Crippen molar-refractivity contribution in [3.8, 4) is 5.88 Å². The highest BCUT2D eigenvalue weighted by Gasteiger charge is 2.32. The fourth-order valence-corrected chi connectivity index (χ4v) is 3.22. The van der Waals surface area contributed by atoms with Crippen LogP contribution in [0.3, 0.4) is 0 Å². The molecule has 4 nitrogen and oxygen atoms in total. The van der Waals surface area contributed by atoms with Gasteiger partial charge in [-0.3, -0.25) is 4.79 Å². The second-order valence-corrected chi connectivity index (χ2v) is 7.11. The molecule has 1 fully saturated rings. The number of hydrogen-bond acceptors (Lipinski definition) is 3. The average molecular weight is 450 g/mol. The van der Waals surface area contributed by atoms with Crippen molar-refractivity contribution in [3.63, 3.8) is 0 Å². The van der Waals surface area contributed by atoms with E-state index >= 15 is 0 Å². The number of nitrogens with zero attached hydrogens (tertiary/aromatic N) is 2. The van der Waals surface area contributed by atoms with Gasteiger partial charge in [-0.05, 0) is 24.3 Å². The van der Waals surface area contributed by atoms with Crippen molar-refractivity contribution in [1.82, 2.24) is 9.88 Å². The number of alkyl halides is 3. The molecule has 1 aliphatic rings. The minimum absolute atomic E-state index is 0.111. The maximum atomic E-state index is 12.8. The molecule has 9 heteroatoms. The van der Waals surface area contributed by atoms with E-state index in [-0.39, 0.29) is 18.3 Å². The van der Waals surface area contributed by atoms with Gasteiger partial charge in [-0.1, -0.05) is 27.5 Å². The summed E-state index contributed by atoms with van der Waals surface area (Å²) in [5.74, 6) is -0.362. The van der Waals surface area contributed by atoms with Crippen molar-refractivity contribution >= 4 is 33.4 Å². The molecule has 0 aliphatic carbocycles. The number of aromatic nitrogens is 1. The van der Waals surface area contributed by atoms with Gasteiger partial charge in [0.25, 0.3) is 5.91 Å². The van der Waals surface area contributed by atoms with Crippen LogP contribution >= 0.6 is 27.5 Å². The molecule has 2 heterocycles. The van der Waals surface area contributed by atoms with Crippen LogP contribution in [0.5, 0.6) is 5.88 Å². The third kappa shape index (κ3) is 4.29. The van der Waals surface area contributed by atoms with Crippen LogP contribution in [0.15, 0.2) is 41.0 Å². The lowest BCUT2D eigenvalue weighted by Gasteiger charge is -2.18. The minimum Gasteiger partial charge on any atom is -0.472 e. The number of halogens is 5. The molecule has 1 aromatic heterocycles. The summed E-state index contributed by atoms with van der Waals surface area (Å²) in [7, 11) is 0. The molecule has 1 saturated heterocycles. The van der Waals surface area contributed by atoms with Gasteiger partial charge in [0.2, 0.25) is 5.88 Å². The van der Waals surface area contributed by atoms with E-state index in [0.717, 1.165) is 22.8 Å². The zero-order valence-corrected chi connectivity index (χ0v) is 15.6. The van der Waals surface area contributed by atoms with E-state index in [1.807, 2.05) is 0 Å². The van der Waals surface area contributed by atoms with Gasteiger partial charge in [0.15, 0.2) is 0 Å². The van der Waals surface area contributed by atoms with Crippen LogP contribution < -0.4 is 4.74 Å². The Morgan fingerprint density at radius 2 is 2.08 bits per heavy atom. The van der Waals surface area contributed by atoms with E-state index in [2.05, 4.69) is 20.9 Å². The lowest BCUT2D eigenvalue weighted by molar-refractivity contribution is -0.137. The molecule has 1 aromatic carbocycles. The number of benzene rings is 1. The molecule has 138 valence electrons. The summed E-state index contributed by atoms with van der Waals surface area (Å²) in [6, 6.07) is 6.72. The normalized spacial score (nSPS) is 17.4.